The minimum Gasteiger partial charge on any atom is -0.485 e. The summed E-state index contributed by atoms with van der Waals surface area (Å²) < 4.78 is 29.5. The number of pyridine rings is 2. The molecule has 1 saturated carbocycles. The standard InChI is InChI=1S/C28H29FN8O2/c1-17-27(33-34-37(17)22-4-6-35(7-5-22)23-15-38-16-23)19-8-26(28-20(10-30)11-32-36(28)13-19)39-14-21-9-24(18-2-3-18)25(29)12-31-21/h8-9,11-13,18,22-23H,2-7,14-16H2,1H3. The summed E-state index contributed by atoms with van der Waals surface area (Å²) in [4.78, 5) is 6.74. The van der Waals surface area contributed by atoms with Crippen molar-refractivity contribution in [2.45, 2.75) is 57.2 Å². The lowest BCUT2D eigenvalue weighted by atomic mass is 10.0. The van der Waals surface area contributed by atoms with Gasteiger partial charge in [-0.3, -0.25) is 9.88 Å². The van der Waals surface area contributed by atoms with Gasteiger partial charge in [0.15, 0.2) is 0 Å². The largest absolute Gasteiger partial charge is 0.485 e. The number of fused-ring (bicyclic) bond motifs is 1. The maximum Gasteiger partial charge on any atom is 0.147 e. The van der Waals surface area contributed by atoms with Gasteiger partial charge in [-0.05, 0) is 56.2 Å². The summed E-state index contributed by atoms with van der Waals surface area (Å²) in [6.45, 7) is 5.92. The summed E-state index contributed by atoms with van der Waals surface area (Å²) >= 11 is 0. The first-order chi connectivity index (χ1) is 19.1. The molecule has 4 aromatic rings. The van der Waals surface area contributed by atoms with Crippen molar-refractivity contribution in [3.05, 3.63) is 59.1 Å². The molecule has 0 bridgehead atoms. The monoisotopic (exact) mass is 528 g/mol. The van der Waals surface area contributed by atoms with Crippen LogP contribution in [0, 0.1) is 24.1 Å². The lowest BCUT2D eigenvalue weighted by Gasteiger charge is -2.41. The Kier molecular flexibility index (Phi) is 6.01. The maximum absolute atomic E-state index is 14.2. The van der Waals surface area contributed by atoms with Gasteiger partial charge in [0.1, 0.15) is 41.0 Å². The van der Waals surface area contributed by atoms with Crippen LogP contribution in [0.3, 0.4) is 0 Å². The molecule has 0 radical (unpaired) electrons. The molecule has 2 aliphatic heterocycles. The summed E-state index contributed by atoms with van der Waals surface area (Å²) in [5, 5.41) is 23.1. The Morgan fingerprint density at radius 3 is 2.67 bits per heavy atom. The highest BCUT2D eigenvalue weighted by Gasteiger charge is 2.31. The highest BCUT2D eigenvalue weighted by Crippen LogP contribution is 2.41. The van der Waals surface area contributed by atoms with E-state index in [0.717, 1.165) is 68.9 Å². The smallest absolute Gasteiger partial charge is 0.147 e. The highest BCUT2D eigenvalue weighted by molar-refractivity contribution is 5.74. The Bertz CT molecular complexity index is 1570. The fraction of sp³-hybridized carbons (Fsp3) is 0.464. The van der Waals surface area contributed by atoms with Gasteiger partial charge in [0.05, 0.1) is 49.1 Å². The van der Waals surface area contributed by atoms with Crippen LogP contribution >= 0.6 is 0 Å². The van der Waals surface area contributed by atoms with Crippen LogP contribution in [-0.4, -0.2) is 66.8 Å². The molecular formula is C28H29FN8O2. The highest BCUT2D eigenvalue weighted by atomic mass is 19.1. The number of likely N-dealkylation sites (tertiary alicyclic amines) is 1. The summed E-state index contributed by atoms with van der Waals surface area (Å²) in [5.41, 5.74) is 4.85. The summed E-state index contributed by atoms with van der Waals surface area (Å²) in [6, 6.07) is 6.71. The Morgan fingerprint density at radius 2 is 1.95 bits per heavy atom. The molecule has 0 N–H and O–H groups in total. The molecule has 11 heteroatoms. The van der Waals surface area contributed by atoms with Crippen molar-refractivity contribution in [2.75, 3.05) is 26.3 Å². The van der Waals surface area contributed by atoms with Gasteiger partial charge in [-0.2, -0.15) is 10.4 Å². The average Bonchev–Trinajstić information content (AvgIpc) is 3.57. The fourth-order valence-corrected chi connectivity index (χ4v) is 5.73. The van der Waals surface area contributed by atoms with Crippen molar-refractivity contribution in [2.24, 2.45) is 0 Å². The van der Waals surface area contributed by atoms with E-state index in [4.69, 9.17) is 9.47 Å². The quantitative estimate of drug-likeness (QED) is 0.357. The first-order valence-corrected chi connectivity index (χ1v) is 13.5. The molecule has 7 rings (SSSR count). The van der Waals surface area contributed by atoms with Gasteiger partial charge in [0, 0.05) is 24.8 Å². The van der Waals surface area contributed by atoms with Gasteiger partial charge in [-0.1, -0.05) is 5.21 Å². The lowest BCUT2D eigenvalue weighted by Crippen LogP contribution is -2.52. The van der Waals surface area contributed by atoms with Crippen molar-refractivity contribution in [3.63, 3.8) is 0 Å². The predicted molar refractivity (Wildman–Crippen MR) is 139 cm³/mol. The third kappa shape index (κ3) is 4.43. The van der Waals surface area contributed by atoms with Crippen molar-refractivity contribution in [1.82, 2.24) is 34.5 Å². The van der Waals surface area contributed by atoms with E-state index >= 15 is 0 Å². The van der Waals surface area contributed by atoms with Gasteiger partial charge in [-0.25, -0.2) is 13.6 Å². The predicted octanol–water partition coefficient (Wildman–Crippen LogP) is 3.80. The van der Waals surface area contributed by atoms with Gasteiger partial charge < -0.3 is 9.47 Å². The molecule has 2 saturated heterocycles. The fourth-order valence-electron chi connectivity index (χ4n) is 5.73. The number of hydrogen-bond acceptors (Lipinski definition) is 8. The molecule has 1 aliphatic carbocycles. The van der Waals surface area contributed by atoms with Crippen LogP contribution in [-0.2, 0) is 11.3 Å². The van der Waals surface area contributed by atoms with Crippen molar-refractivity contribution < 1.29 is 13.9 Å². The van der Waals surface area contributed by atoms with E-state index < -0.39 is 0 Å². The van der Waals surface area contributed by atoms with E-state index in [0.29, 0.717) is 40.2 Å². The van der Waals surface area contributed by atoms with E-state index in [-0.39, 0.29) is 18.3 Å². The molecule has 200 valence electrons. The number of aromatic nitrogens is 6. The first-order valence-electron chi connectivity index (χ1n) is 13.5. The van der Waals surface area contributed by atoms with E-state index in [2.05, 4.69) is 31.4 Å². The number of piperidine rings is 1. The van der Waals surface area contributed by atoms with Crippen LogP contribution in [0.15, 0.2) is 30.7 Å². The van der Waals surface area contributed by atoms with Gasteiger partial charge in [-0.15, -0.1) is 5.10 Å². The Morgan fingerprint density at radius 1 is 1.13 bits per heavy atom. The summed E-state index contributed by atoms with van der Waals surface area (Å²) in [7, 11) is 0. The van der Waals surface area contributed by atoms with Crippen LogP contribution in [0.2, 0.25) is 0 Å². The van der Waals surface area contributed by atoms with E-state index in [1.54, 1.807) is 10.6 Å². The molecule has 3 fully saturated rings. The minimum absolute atomic E-state index is 0.144. The molecule has 0 amide bonds. The zero-order valence-corrected chi connectivity index (χ0v) is 21.8. The molecule has 10 nitrogen and oxygen atoms in total. The molecule has 3 aliphatic rings. The van der Waals surface area contributed by atoms with E-state index in [1.807, 2.05) is 23.9 Å². The van der Waals surface area contributed by atoms with Gasteiger partial charge in [0.25, 0.3) is 0 Å². The van der Waals surface area contributed by atoms with Crippen LogP contribution in [0.5, 0.6) is 5.75 Å². The maximum atomic E-state index is 14.2. The molecule has 39 heavy (non-hydrogen) atoms. The zero-order valence-electron chi connectivity index (χ0n) is 21.8. The molecule has 6 heterocycles. The second-order valence-corrected chi connectivity index (χ2v) is 10.7. The van der Waals surface area contributed by atoms with E-state index in [9.17, 15) is 9.65 Å². The number of hydrogen-bond donors (Lipinski definition) is 0. The summed E-state index contributed by atoms with van der Waals surface area (Å²) in [6.07, 6.45) is 8.68. The van der Waals surface area contributed by atoms with Gasteiger partial charge in [0.2, 0.25) is 0 Å². The summed E-state index contributed by atoms with van der Waals surface area (Å²) in [5.74, 6) is 0.493. The molecule has 0 unspecified atom stereocenters. The van der Waals surface area contributed by atoms with Crippen molar-refractivity contribution in [3.8, 4) is 23.1 Å². The molecular weight excluding hydrogens is 499 g/mol. The van der Waals surface area contributed by atoms with Gasteiger partial charge >= 0.3 is 0 Å². The lowest BCUT2D eigenvalue weighted by molar-refractivity contribution is -0.0735. The minimum atomic E-state index is -0.269. The third-order valence-corrected chi connectivity index (χ3v) is 8.21. The number of nitriles is 1. The third-order valence-electron chi connectivity index (χ3n) is 8.21. The first kappa shape index (κ1) is 24.2. The number of nitrogens with zero attached hydrogens (tertiary/aromatic N) is 8. The topological polar surface area (TPSA) is 106 Å². The number of halogens is 1. The number of ether oxygens (including phenoxy) is 2. The number of rotatable bonds is 7. The second-order valence-electron chi connectivity index (χ2n) is 10.7. The van der Waals surface area contributed by atoms with Crippen LogP contribution < -0.4 is 4.74 Å². The van der Waals surface area contributed by atoms with Crippen molar-refractivity contribution in [1.29, 1.82) is 5.26 Å². The average molecular weight is 529 g/mol. The SMILES string of the molecule is Cc1c(-c2cc(OCc3cc(C4CC4)c(F)cn3)c3c(C#N)cnn3c2)nnn1C1CCN(C2COC2)CC1. The van der Waals surface area contributed by atoms with Crippen LogP contribution in [0.25, 0.3) is 16.8 Å². The normalized spacial score (nSPS) is 18.8. The molecule has 0 atom stereocenters. The second kappa shape index (κ2) is 9.70. The Labute approximate surface area is 225 Å². The molecule has 0 spiro atoms. The Hall–Kier alpha value is -3.88. The van der Waals surface area contributed by atoms with Crippen LogP contribution in [0.1, 0.15) is 60.2 Å². The molecule has 4 aromatic heterocycles. The molecule has 0 aromatic carbocycles. The van der Waals surface area contributed by atoms with Crippen molar-refractivity contribution >= 4 is 5.52 Å². The van der Waals surface area contributed by atoms with E-state index in [1.165, 1.54) is 12.4 Å². The Balaban J connectivity index is 1.16. The van der Waals surface area contributed by atoms with Crippen LogP contribution in [0.4, 0.5) is 4.39 Å². The zero-order chi connectivity index (χ0) is 26.5.